The Kier molecular flexibility index (Phi) is 6.62. The highest BCUT2D eigenvalue weighted by atomic mass is 16.3. The molecule has 1 aromatic carbocycles. The topological polar surface area (TPSA) is 43.7 Å². The van der Waals surface area contributed by atoms with Crippen molar-refractivity contribution < 1.29 is 10.2 Å². The highest BCUT2D eigenvalue weighted by Gasteiger charge is 2.41. The molecule has 3 heteroatoms. The van der Waals surface area contributed by atoms with Gasteiger partial charge in [0.25, 0.3) is 0 Å². The van der Waals surface area contributed by atoms with Crippen molar-refractivity contribution in [1.82, 2.24) is 4.90 Å². The molecule has 0 aromatic heterocycles. The summed E-state index contributed by atoms with van der Waals surface area (Å²) in [5, 5.41) is 19.4. The van der Waals surface area contributed by atoms with Gasteiger partial charge in [0.15, 0.2) is 0 Å². The molecule has 2 N–H and O–H groups in total. The first-order chi connectivity index (χ1) is 11.4. The molecule has 24 heavy (non-hydrogen) atoms. The van der Waals surface area contributed by atoms with Crippen LogP contribution < -0.4 is 0 Å². The van der Waals surface area contributed by atoms with Crippen LogP contribution in [-0.2, 0) is 6.61 Å². The first kappa shape index (κ1) is 19.2. The van der Waals surface area contributed by atoms with E-state index in [2.05, 4.69) is 44.6 Å². The molecule has 2 rings (SSSR count). The molecule has 0 amide bonds. The summed E-state index contributed by atoms with van der Waals surface area (Å²) >= 11 is 0. The maximum Gasteiger partial charge on any atom is 0.0681 e. The van der Waals surface area contributed by atoms with E-state index in [-0.39, 0.29) is 18.6 Å². The van der Waals surface area contributed by atoms with E-state index in [4.69, 9.17) is 0 Å². The van der Waals surface area contributed by atoms with Gasteiger partial charge >= 0.3 is 0 Å². The van der Waals surface area contributed by atoms with E-state index >= 15 is 0 Å². The van der Waals surface area contributed by atoms with Crippen molar-refractivity contribution in [3.8, 4) is 0 Å². The molecule has 1 saturated carbocycles. The van der Waals surface area contributed by atoms with Crippen molar-refractivity contribution in [2.24, 2.45) is 11.3 Å². The van der Waals surface area contributed by atoms with Crippen molar-refractivity contribution in [1.29, 1.82) is 0 Å². The van der Waals surface area contributed by atoms with Crippen LogP contribution >= 0.6 is 0 Å². The molecular formula is C21H33NO2. The first-order valence-electron chi connectivity index (χ1n) is 9.01. The predicted octanol–water partition coefficient (Wildman–Crippen LogP) is 3.57. The second kappa shape index (κ2) is 8.28. The normalized spacial score (nSPS) is 27.4. The van der Waals surface area contributed by atoms with Crippen LogP contribution in [0, 0.1) is 11.3 Å². The van der Waals surface area contributed by atoms with E-state index in [9.17, 15) is 10.2 Å². The third-order valence-electron chi connectivity index (χ3n) is 5.77. The Hall–Kier alpha value is -1.16. The summed E-state index contributed by atoms with van der Waals surface area (Å²) in [6.45, 7) is 7.70. The van der Waals surface area contributed by atoms with Crippen molar-refractivity contribution >= 4 is 0 Å². The lowest BCUT2D eigenvalue weighted by Gasteiger charge is -2.45. The average Bonchev–Trinajstić information content (AvgIpc) is 2.59. The van der Waals surface area contributed by atoms with Crippen LogP contribution in [-0.4, -0.2) is 42.4 Å². The molecule has 3 nitrogen and oxygen atoms in total. The molecule has 0 heterocycles. The molecule has 1 fully saturated rings. The lowest BCUT2D eigenvalue weighted by Crippen LogP contribution is -2.38. The summed E-state index contributed by atoms with van der Waals surface area (Å²) in [5.41, 5.74) is 3.51. The maximum absolute atomic E-state index is 10.2. The summed E-state index contributed by atoms with van der Waals surface area (Å²) in [4.78, 5) is 2.20. The van der Waals surface area contributed by atoms with Gasteiger partial charge in [-0.25, -0.2) is 0 Å². The van der Waals surface area contributed by atoms with Gasteiger partial charge in [-0.3, -0.25) is 0 Å². The molecule has 1 aliphatic carbocycles. The van der Waals surface area contributed by atoms with E-state index < -0.39 is 0 Å². The second-order valence-corrected chi connectivity index (χ2v) is 7.91. The third-order valence-corrected chi connectivity index (χ3v) is 5.77. The molecule has 0 radical (unpaired) electrons. The zero-order valence-electron chi connectivity index (χ0n) is 15.5. The minimum absolute atomic E-state index is 0.0105. The Labute approximate surface area is 147 Å². The molecule has 0 bridgehead atoms. The minimum atomic E-state index is 0.0105. The van der Waals surface area contributed by atoms with Crippen LogP contribution in [0.5, 0.6) is 0 Å². The maximum atomic E-state index is 10.2. The monoisotopic (exact) mass is 331 g/mol. The number of benzene rings is 1. The van der Waals surface area contributed by atoms with Gasteiger partial charge in [0.1, 0.15) is 0 Å². The number of aliphatic hydroxyl groups is 2. The summed E-state index contributed by atoms with van der Waals surface area (Å²) in [7, 11) is 4.19. The van der Waals surface area contributed by atoms with Crippen molar-refractivity contribution in [3.63, 3.8) is 0 Å². The van der Waals surface area contributed by atoms with Crippen molar-refractivity contribution in [2.45, 2.75) is 45.1 Å². The van der Waals surface area contributed by atoms with Gasteiger partial charge < -0.3 is 15.1 Å². The highest BCUT2D eigenvalue weighted by Crippen LogP contribution is 2.50. The van der Waals surface area contributed by atoms with Gasteiger partial charge in [-0.2, -0.15) is 0 Å². The van der Waals surface area contributed by atoms with Crippen LogP contribution in [0.3, 0.4) is 0 Å². The Morgan fingerprint density at radius 2 is 1.92 bits per heavy atom. The third kappa shape index (κ3) is 4.47. The van der Waals surface area contributed by atoms with Gasteiger partial charge in [-0.15, -0.1) is 0 Å². The highest BCUT2D eigenvalue weighted by molar-refractivity contribution is 5.28. The number of rotatable bonds is 7. The summed E-state index contributed by atoms with van der Waals surface area (Å²) in [6, 6.07) is 8.32. The van der Waals surface area contributed by atoms with Crippen molar-refractivity contribution in [2.75, 3.05) is 27.2 Å². The van der Waals surface area contributed by atoms with Crippen LogP contribution in [0.1, 0.15) is 49.7 Å². The van der Waals surface area contributed by atoms with Crippen LogP contribution in [0.2, 0.25) is 0 Å². The fraction of sp³-hybridized carbons (Fsp3) is 0.619. The predicted molar refractivity (Wildman–Crippen MR) is 100.0 cm³/mol. The summed E-state index contributed by atoms with van der Waals surface area (Å²) < 4.78 is 0. The molecule has 0 aliphatic heterocycles. The number of aliphatic hydroxyl groups excluding tert-OH is 2. The van der Waals surface area contributed by atoms with E-state index in [1.807, 2.05) is 12.1 Å². The number of nitrogens with zero attached hydrogens (tertiary/aromatic N) is 1. The molecule has 3 atom stereocenters. The van der Waals surface area contributed by atoms with E-state index in [0.29, 0.717) is 11.8 Å². The standard InChI is InChI=1S/C21H33NO2/c1-16(2)19-9-10-21(15-24,11-12-22(3)4)13-20(19)18-7-5-17(14-23)6-8-18/h5-8,19-20,23-24H,1,9-15H2,2-4H3/t19-,20-,21+/m0/s1. The molecule has 134 valence electrons. The smallest absolute Gasteiger partial charge is 0.0681 e. The molecule has 0 unspecified atom stereocenters. The van der Waals surface area contributed by atoms with Gasteiger partial charge in [-0.1, -0.05) is 36.4 Å². The van der Waals surface area contributed by atoms with Crippen LogP contribution in [0.15, 0.2) is 36.4 Å². The lowest BCUT2D eigenvalue weighted by molar-refractivity contribution is 0.0438. The molecule has 0 spiro atoms. The number of hydrogen-bond acceptors (Lipinski definition) is 3. The first-order valence-corrected chi connectivity index (χ1v) is 9.01. The number of hydrogen-bond donors (Lipinski definition) is 2. The number of allylic oxidation sites excluding steroid dienone is 1. The van der Waals surface area contributed by atoms with Gasteiger partial charge in [-0.05, 0) is 81.6 Å². The largest absolute Gasteiger partial charge is 0.396 e. The van der Waals surface area contributed by atoms with E-state index in [1.54, 1.807) is 0 Å². The summed E-state index contributed by atoms with van der Waals surface area (Å²) in [5.74, 6) is 0.877. The lowest BCUT2D eigenvalue weighted by atomic mass is 9.61. The van der Waals surface area contributed by atoms with Crippen LogP contribution in [0.4, 0.5) is 0 Å². The minimum Gasteiger partial charge on any atom is -0.396 e. The Morgan fingerprint density at radius 3 is 2.42 bits per heavy atom. The van der Waals surface area contributed by atoms with Gasteiger partial charge in [0, 0.05) is 6.61 Å². The molecule has 1 aliphatic rings. The Balaban J connectivity index is 2.25. The fourth-order valence-electron chi connectivity index (χ4n) is 4.09. The molecule has 0 saturated heterocycles. The zero-order chi connectivity index (χ0) is 17.7. The fourth-order valence-corrected chi connectivity index (χ4v) is 4.09. The zero-order valence-corrected chi connectivity index (χ0v) is 15.5. The average molecular weight is 332 g/mol. The Morgan fingerprint density at radius 1 is 1.25 bits per heavy atom. The summed E-state index contributed by atoms with van der Waals surface area (Å²) in [6.07, 6.45) is 4.20. The van der Waals surface area contributed by atoms with E-state index in [0.717, 1.165) is 37.8 Å². The SMILES string of the molecule is C=C(C)[C@@H]1CC[C@@](CO)(CCN(C)C)C[C@H]1c1ccc(CO)cc1. The molecule has 1 aromatic rings. The second-order valence-electron chi connectivity index (χ2n) is 7.91. The van der Waals surface area contributed by atoms with E-state index in [1.165, 1.54) is 11.1 Å². The van der Waals surface area contributed by atoms with Gasteiger partial charge in [0.2, 0.25) is 0 Å². The van der Waals surface area contributed by atoms with Crippen molar-refractivity contribution in [3.05, 3.63) is 47.5 Å². The quantitative estimate of drug-likeness (QED) is 0.751. The van der Waals surface area contributed by atoms with Crippen LogP contribution in [0.25, 0.3) is 0 Å². The van der Waals surface area contributed by atoms with Gasteiger partial charge in [0.05, 0.1) is 6.61 Å². The Bertz CT molecular complexity index is 537. The molecular weight excluding hydrogens is 298 g/mol.